The lowest BCUT2D eigenvalue weighted by Gasteiger charge is -2.18. The molecule has 2 atom stereocenters. The Labute approximate surface area is 128 Å². The van der Waals surface area contributed by atoms with Crippen molar-refractivity contribution in [2.75, 3.05) is 6.54 Å². The van der Waals surface area contributed by atoms with Crippen molar-refractivity contribution in [3.05, 3.63) is 36.0 Å². The molecule has 1 fully saturated rings. The van der Waals surface area contributed by atoms with Gasteiger partial charge in [-0.05, 0) is 31.0 Å². The Kier molecular flexibility index (Phi) is 4.11. The monoisotopic (exact) mass is 300 g/mol. The molecule has 22 heavy (non-hydrogen) atoms. The standard InChI is InChI=1S/C16H20N4O2/c17-15(21)14(20-16(22)13-6-3-7-18-13)8-10-9-19-12-5-2-1-4-11(10)12/h1-2,4-5,9,13-14,18-19H,3,6-8H2,(H2,17,21)(H,20,22). The molecule has 1 aromatic heterocycles. The van der Waals surface area contributed by atoms with Crippen molar-refractivity contribution in [3.63, 3.8) is 0 Å². The molecule has 1 aliphatic rings. The lowest BCUT2D eigenvalue weighted by Crippen LogP contribution is -2.51. The van der Waals surface area contributed by atoms with E-state index in [4.69, 9.17) is 5.73 Å². The number of aromatic amines is 1. The number of benzene rings is 1. The van der Waals surface area contributed by atoms with Crippen molar-refractivity contribution in [2.24, 2.45) is 5.73 Å². The Morgan fingerprint density at radius 3 is 2.91 bits per heavy atom. The van der Waals surface area contributed by atoms with Gasteiger partial charge in [-0.1, -0.05) is 18.2 Å². The zero-order chi connectivity index (χ0) is 15.5. The van der Waals surface area contributed by atoms with Crippen LogP contribution in [0.2, 0.25) is 0 Å². The summed E-state index contributed by atoms with van der Waals surface area (Å²) in [6.45, 7) is 0.835. The van der Waals surface area contributed by atoms with Gasteiger partial charge in [-0.15, -0.1) is 0 Å². The van der Waals surface area contributed by atoms with Crippen molar-refractivity contribution in [1.29, 1.82) is 0 Å². The third-order valence-electron chi connectivity index (χ3n) is 4.14. The molecule has 0 bridgehead atoms. The van der Waals surface area contributed by atoms with Crippen molar-refractivity contribution < 1.29 is 9.59 Å². The zero-order valence-corrected chi connectivity index (χ0v) is 12.3. The van der Waals surface area contributed by atoms with Crippen LogP contribution < -0.4 is 16.4 Å². The Hall–Kier alpha value is -2.34. The molecule has 0 aliphatic carbocycles. The van der Waals surface area contributed by atoms with E-state index in [1.165, 1.54) is 0 Å². The number of H-pyrrole nitrogens is 1. The third-order valence-corrected chi connectivity index (χ3v) is 4.14. The molecule has 1 aliphatic heterocycles. The number of hydrogen-bond donors (Lipinski definition) is 4. The fourth-order valence-electron chi connectivity index (χ4n) is 2.92. The molecule has 116 valence electrons. The summed E-state index contributed by atoms with van der Waals surface area (Å²) in [7, 11) is 0. The average molecular weight is 300 g/mol. The molecule has 1 saturated heterocycles. The number of carbonyl (C=O) groups is 2. The highest BCUT2D eigenvalue weighted by Gasteiger charge is 2.26. The van der Waals surface area contributed by atoms with E-state index in [-0.39, 0.29) is 11.9 Å². The minimum absolute atomic E-state index is 0.152. The van der Waals surface area contributed by atoms with Crippen LogP contribution >= 0.6 is 0 Å². The molecule has 0 saturated carbocycles. The zero-order valence-electron chi connectivity index (χ0n) is 12.3. The maximum atomic E-state index is 12.2. The van der Waals surface area contributed by atoms with Gasteiger partial charge in [0.25, 0.3) is 0 Å². The molecule has 3 rings (SSSR count). The maximum Gasteiger partial charge on any atom is 0.240 e. The third kappa shape index (κ3) is 2.96. The number of aromatic nitrogens is 1. The summed E-state index contributed by atoms with van der Waals surface area (Å²) < 4.78 is 0. The highest BCUT2D eigenvalue weighted by molar-refractivity contribution is 5.90. The lowest BCUT2D eigenvalue weighted by atomic mass is 10.0. The van der Waals surface area contributed by atoms with Gasteiger partial charge in [0.15, 0.2) is 0 Å². The molecular weight excluding hydrogens is 280 g/mol. The minimum Gasteiger partial charge on any atom is -0.368 e. The second-order valence-electron chi connectivity index (χ2n) is 5.68. The van der Waals surface area contributed by atoms with E-state index in [9.17, 15) is 9.59 Å². The summed E-state index contributed by atoms with van der Waals surface area (Å²) in [5, 5.41) is 6.93. The first-order valence-electron chi connectivity index (χ1n) is 7.53. The summed E-state index contributed by atoms with van der Waals surface area (Å²) >= 11 is 0. The largest absolute Gasteiger partial charge is 0.368 e. The van der Waals surface area contributed by atoms with Crippen LogP contribution in [-0.4, -0.2) is 35.4 Å². The second-order valence-corrected chi connectivity index (χ2v) is 5.68. The van der Waals surface area contributed by atoms with Gasteiger partial charge in [0, 0.05) is 23.5 Å². The lowest BCUT2D eigenvalue weighted by molar-refractivity contribution is -0.128. The van der Waals surface area contributed by atoms with E-state index in [0.29, 0.717) is 6.42 Å². The Morgan fingerprint density at radius 2 is 2.18 bits per heavy atom. The first-order valence-corrected chi connectivity index (χ1v) is 7.53. The molecule has 6 heteroatoms. The number of nitrogens with one attached hydrogen (secondary N) is 3. The molecule has 2 amide bonds. The molecule has 1 aromatic carbocycles. The number of nitrogens with two attached hydrogens (primary N) is 1. The van der Waals surface area contributed by atoms with Crippen LogP contribution in [0.25, 0.3) is 10.9 Å². The first kappa shape index (κ1) is 14.6. The van der Waals surface area contributed by atoms with E-state index < -0.39 is 11.9 Å². The minimum atomic E-state index is -0.700. The van der Waals surface area contributed by atoms with Crippen LogP contribution in [0.15, 0.2) is 30.5 Å². The van der Waals surface area contributed by atoms with Gasteiger partial charge in [0.05, 0.1) is 6.04 Å². The van der Waals surface area contributed by atoms with Gasteiger partial charge in [0.1, 0.15) is 6.04 Å². The summed E-state index contributed by atoms with van der Waals surface area (Å²) in [4.78, 5) is 27.0. The van der Waals surface area contributed by atoms with Gasteiger partial charge in [0.2, 0.25) is 11.8 Å². The number of primary amides is 1. The van der Waals surface area contributed by atoms with E-state index in [1.54, 1.807) is 0 Å². The van der Waals surface area contributed by atoms with Crippen LogP contribution in [0.4, 0.5) is 0 Å². The SMILES string of the molecule is NC(=O)C(Cc1c[nH]c2ccccc12)NC(=O)C1CCCN1. The summed E-state index contributed by atoms with van der Waals surface area (Å²) in [5.74, 6) is -0.669. The predicted octanol–water partition coefficient (Wildman–Crippen LogP) is 0.432. The molecule has 0 spiro atoms. The Bertz CT molecular complexity index is 688. The number of amides is 2. The smallest absolute Gasteiger partial charge is 0.240 e. The van der Waals surface area contributed by atoms with Crippen LogP contribution in [-0.2, 0) is 16.0 Å². The van der Waals surface area contributed by atoms with Crippen molar-refractivity contribution in [1.82, 2.24) is 15.6 Å². The summed E-state index contributed by atoms with van der Waals surface area (Å²) in [6.07, 6.45) is 4.02. The molecule has 6 nitrogen and oxygen atoms in total. The maximum absolute atomic E-state index is 12.2. The molecule has 0 radical (unpaired) electrons. The Balaban J connectivity index is 1.74. The normalized spacial score (nSPS) is 19.2. The fraction of sp³-hybridized carbons (Fsp3) is 0.375. The number of para-hydroxylation sites is 1. The number of fused-ring (bicyclic) bond motifs is 1. The first-order chi connectivity index (χ1) is 10.6. The topological polar surface area (TPSA) is 100 Å². The van der Waals surface area contributed by atoms with E-state index in [2.05, 4.69) is 15.6 Å². The van der Waals surface area contributed by atoms with Crippen molar-refractivity contribution >= 4 is 22.7 Å². The van der Waals surface area contributed by atoms with Crippen molar-refractivity contribution in [2.45, 2.75) is 31.3 Å². The quantitative estimate of drug-likeness (QED) is 0.644. The fourth-order valence-corrected chi connectivity index (χ4v) is 2.92. The van der Waals surface area contributed by atoms with Crippen LogP contribution in [0.1, 0.15) is 18.4 Å². The highest BCUT2D eigenvalue weighted by Crippen LogP contribution is 2.19. The summed E-state index contributed by atoms with van der Waals surface area (Å²) in [6, 6.07) is 6.93. The number of carbonyl (C=O) groups excluding carboxylic acids is 2. The van der Waals surface area contributed by atoms with E-state index in [0.717, 1.165) is 35.9 Å². The van der Waals surface area contributed by atoms with E-state index in [1.807, 2.05) is 30.5 Å². The van der Waals surface area contributed by atoms with Gasteiger partial charge in [-0.2, -0.15) is 0 Å². The average Bonchev–Trinajstić information content (AvgIpc) is 3.16. The second kappa shape index (κ2) is 6.19. The van der Waals surface area contributed by atoms with Crippen molar-refractivity contribution in [3.8, 4) is 0 Å². The van der Waals surface area contributed by atoms with Gasteiger partial charge in [-0.3, -0.25) is 9.59 Å². The van der Waals surface area contributed by atoms with E-state index >= 15 is 0 Å². The molecular formula is C16H20N4O2. The predicted molar refractivity (Wildman–Crippen MR) is 84.2 cm³/mol. The number of hydrogen-bond acceptors (Lipinski definition) is 3. The molecule has 2 heterocycles. The molecule has 2 aromatic rings. The van der Waals surface area contributed by atoms with Gasteiger partial charge in [-0.25, -0.2) is 0 Å². The number of rotatable bonds is 5. The Morgan fingerprint density at radius 1 is 1.36 bits per heavy atom. The van der Waals surface area contributed by atoms with Gasteiger partial charge >= 0.3 is 0 Å². The molecule has 5 N–H and O–H groups in total. The van der Waals surface area contributed by atoms with Crippen LogP contribution in [0, 0.1) is 0 Å². The summed E-state index contributed by atoms with van der Waals surface area (Å²) in [5.41, 5.74) is 7.44. The highest BCUT2D eigenvalue weighted by atomic mass is 16.2. The van der Waals surface area contributed by atoms with Crippen LogP contribution in [0.5, 0.6) is 0 Å². The molecule has 2 unspecified atom stereocenters. The van der Waals surface area contributed by atoms with Crippen LogP contribution in [0.3, 0.4) is 0 Å². The van der Waals surface area contributed by atoms with Gasteiger partial charge < -0.3 is 21.4 Å².